The van der Waals surface area contributed by atoms with Gasteiger partial charge in [0.2, 0.25) is 0 Å². The highest BCUT2D eigenvalue weighted by atomic mass is 16.6. The lowest BCUT2D eigenvalue weighted by molar-refractivity contribution is 0.0856. The van der Waals surface area contributed by atoms with Crippen molar-refractivity contribution in [1.82, 2.24) is 0 Å². The molecule has 6 nitrogen and oxygen atoms in total. The van der Waals surface area contributed by atoms with Crippen molar-refractivity contribution in [2.75, 3.05) is 33.0 Å². The molecule has 2 aliphatic rings. The van der Waals surface area contributed by atoms with Gasteiger partial charge < -0.3 is 29.5 Å². The van der Waals surface area contributed by atoms with Crippen molar-refractivity contribution < 1.29 is 29.5 Å². The fraction of sp³-hybridized carbons (Fsp3) is 0.833. The molecule has 2 saturated heterocycles. The molecule has 0 aromatic heterocycles. The topological polar surface area (TPSA) is 95.0 Å². The number of ether oxygens (including phenoxy) is 3. The number of aliphatic hydroxyl groups is 3. The molecule has 2 aliphatic heterocycles. The van der Waals surface area contributed by atoms with Gasteiger partial charge in [-0.2, -0.15) is 0 Å². The SMILES string of the molecule is C(OCC1CO1)C1CO1.CC(C)=C(O)C(O)CO. The molecule has 6 heteroatoms. The molecular weight excluding hydrogens is 240 g/mol. The zero-order valence-electron chi connectivity index (χ0n) is 10.8. The van der Waals surface area contributed by atoms with Crippen LogP contribution in [0.15, 0.2) is 11.3 Å². The Hall–Kier alpha value is -0.660. The second-order valence-electron chi connectivity index (χ2n) is 4.53. The zero-order chi connectivity index (χ0) is 13.5. The molecule has 2 heterocycles. The fourth-order valence-corrected chi connectivity index (χ4v) is 1.08. The van der Waals surface area contributed by atoms with Crippen LogP contribution in [-0.2, 0) is 14.2 Å². The molecule has 0 saturated carbocycles. The zero-order valence-corrected chi connectivity index (χ0v) is 10.8. The molecule has 3 atom stereocenters. The summed E-state index contributed by atoms with van der Waals surface area (Å²) in [6.07, 6.45) is -0.331. The fourth-order valence-electron chi connectivity index (χ4n) is 1.08. The summed E-state index contributed by atoms with van der Waals surface area (Å²) in [5, 5.41) is 25.9. The third kappa shape index (κ3) is 6.93. The smallest absolute Gasteiger partial charge is 0.134 e. The van der Waals surface area contributed by atoms with Crippen molar-refractivity contribution in [1.29, 1.82) is 0 Å². The predicted octanol–water partition coefficient (Wildman–Crippen LogP) is -0.00790. The lowest BCUT2D eigenvalue weighted by atomic mass is 10.2. The van der Waals surface area contributed by atoms with Crippen LogP contribution in [0.2, 0.25) is 0 Å². The lowest BCUT2D eigenvalue weighted by Crippen LogP contribution is -2.15. The molecule has 0 aliphatic carbocycles. The monoisotopic (exact) mass is 262 g/mol. The van der Waals surface area contributed by atoms with E-state index in [1.54, 1.807) is 13.8 Å². The maximum atomic E-state index is 8.86. The summed E-state index contributed by atoms with van der Waals surface area (Å²) in [6.45, 7) is 6.15. The first-order valence-electron chi connectivity index (χ1n) is 6.00. The van der Waals surface area contributed by atoms with E-state index in [4.69, 9.17) is 29.5 Å². The predicted molar refractivity (Wildman–Crippen MR) is 64.4 cm³/mol. The summed E-state index contributed by atoms with van der Waals surface area (Å²) >= 11 is 0. The minimum Gasteiger partial charge on any atom is -0.510 e. The van der Waals surface area contributed by atoms with Crippen LogP contribution in [0.3, 0.4) is 0 Å². The number of epoxide rings is 2. The number of hydrogen-bond donors (Lipinski definition) is 3. The van der Waals surface area contributed by atoms with Crippen LogP contribution in [0.25, 0.3) is 0 Å². The molecule has 3 N–H and O–H groups in total. The molecule has 0 aromatic carbocycles. The first-order valence-corrected chi connectivity index (χ1v) is 6.00. The standard InChI is InChI=1S/C6H10O3.C6H12O3/c1(5-3-8-5)7-2-6-4-9-6;1-4(2)6(9)5(8)3-7/h5-6H,1-4H2;5,7-9H,3H2,1-2H3. The molecule has 0 amide bonds. The van der Waals surface area contributed by atoms with Crippen LogP contribution in [0.1, 0.15) is 13.8 Å². The molecule has 3 unspecified atom stereocenters. The van der Waals surface area contributed by atoms with E-state index in [0.29, 0.717) is 17.8 Å². The highest BCUT2D eigenvalue weighted by Gasteiger charge is 2.26. The van der Waals surface area contributed by atoms with Gasteiger partial charge in [0.15, 0.2) is 0 Å². The average Bonchev–Trinajstić information content (AvgIpc) is 3.21. The van der Waals surface area contributed by atoms with Crippen molar-refractivity contribution in [2.24, 2.45) is 0 Å². The molecule has 18 heavy (non-hydrogen) atoms. The van der Waals surface area contributed by atoms with Gasteiger partial charge in [-0.1, -0.05) is 0 Å². The van der Waals surface area contributed by atoms with Gasteiger partial charge in [-0.15, -0.1) is 0 Å². The van der Waals surface area contributed by atoms with E-state index in [1.165, 1.54) is 0 Å². The normalized spacial score (nSPS) is 25.8. The first kappa shape index (κ1) is 15.4. The molecule has 0 spiro atoms. The van der Waals surface area contributed by atoms with E-state index in [2.05, 4.69) is 0 Å². The summed E-state index contributed by atoms with van der Waals surface area (Å²) in [5.74, 6) is -0.141. The number of allylic oxidation sites excluding steroid dienone is 1. The molecule has 2 fully saturated rings. The second kappa shape index (κ2) is 7.70. The van der Waals surface area contributed by atoms with Gasteiger partial charge in [0.05, 0.1) is 33.0 Å². The van der Waals surface area contributed by atoms with Crippen LogP contribution in [0.5, 0.6) is 0 Å². The Balaban J connectivity index is 0.000000180. The number of rotatable bonds is 6. The van der Waals surface area contributed by atoms with Crippen LogP contribution < -0.4 is 0 Å². The maximum Gasteiger partial charge on any atom is 0.134 e. The number of hydrogen-bond acceptors (Lipinski definition) is 6. The third-order valence-corrected chi connectivity index (χ3v) is 2.41. The van der Waals surface area contributed by atoms with Crippen molar-refractivity contribution in [3.05, 3.63) is 11.3 Å². The quantitative estimate of drug-likeness (QED) is 0.460. The largest absolute Gasteiger partial charge is 0.510 e. The Morgan fingerprint density at radius 1 is 1.22 bits per heavy atom. The summed E-state index contributed by atoms with van der Waals surface area (Å²) in [5.41, 5.74) is 0.622. The van der Waals surface area contributed by atoms with Gasteiger partial charge in [-0.3, -0.25) is 0 Å². The van der Waals surface area contributed by atoms with Crippen molar-refractivity contribution in [3.63, 3.8) is 0 Å². The van der Waals surface area contributed by atoms with Crippen LogP contribution in [0.4, 0.5) is 0 Å². The van der Waals surface area contributed by atoms with Crippen molar-refractivity contribution in [2.45, 2.75) is 32.2 Å². The highest BCUT2D eigenvalue weighted by Crippen LogP contribution is 2.12. The number of aliphatic hydroxyl groups excluding tert-OH is 3. The van der Waals surface area contributed by atoms with Gasteiger partial charge in [-0.05, 0) is 19.4 Å². The van der Waals surface area contributed by atoms with Gasteiger partial charge in [0.1, 0.15) is 24.1 Å². The molecule has 0 bridgehead atoms. The molecule has 0 radical (unpaired) electrons. The van der Waals surface area contributed by atoms with Crippen LogP contribution in [0, 0.1) is 0 Å². The van der Waals surface area contributed by atoms with Crippen LogP contribution in [-0.4, -0.2) is 66.7 Å². The summed E-state index contributed by atoms with van der Waals surface area (Å²) in [6, 6.07) is 0. The second-order valence-corrected chi connectivity index (χ2v) is 4.53. The van der Waals surface area contributed by atoms with E-state index >= 15 is 0 Å². The molecule has 0 aromatic rings. The average molecular weight is 262 g/mol. The minimum atomic E-state index is -1.12. The van der Waals surface area contributed by atoms with Gasteiger partial charge >= 0.3 is 0 Å². The van der Waals surface area contributed by atoms with Gasteiger partial charge in [0, 0.05) is 0 Å². The van der Waals surface area contributed by atoms with E-state index in [-0.39, 0.29) is 5.76 Å². The third-order valence-electron chi connectivity index (χ3n) is 2.41. The Labute approximate surface area is 107 Å². The molecular formula is C12H22O6. The van der Waals surface area contributed by atoms with E-state index < -0.39 is 12.7 Å². The van der Waals surface area contributed by atoms with E-state index in [0.717, 1.165) is 26.4 Å². The lowest BCUT2D eigenvalue weighted by Gasteiger charge is -2.06. The summed E-state index contributed by atoms with van der Waals surface area (Å²) < 4.78 is 15.1. The van der Waals surface area contributed by atoms with Crippen molar-refractivity contribution in [3.8, 4) is 0 Å². The van der Waals surface area contributed by atoms with E-state index in [9.17, 15) is 0 Å². The maximum absolute atomic E-state index is 8.86. The highest BCUT2D eigenvalue weighted by molar-refractivity contribution is 5.05. The molecule has 106 valence electrons. The molecule has 2 rings (SSSR count). The Morgan fingerprint density at radius 3 is 1.89 bits per heavy atom. The van der Waals surface area contributed by atoms with Gasteiger partial charge in [0.25, 0.3) is 0 Å². The summed E-state index contributed by atoms with van der Waals surface area (Å²) in [7, 11) is 0. The summed E-state index contributed by atoms with van der Waals surface area (Å²) in [4.78, 5) is 0. The minimum absolute atomic E-state index is 0.141. The Morgan fingerprint density at radius 2 is 1.67 bits per heavy atom. The Bertz CT molecular complexity index is 254. The van der Waals surface area contributed by atoms with Gasteiger partial charge in [-0.25, -0.2) is 0 Å². The van der Waals surface area contributed by atoms with E-state index in [1.807, 2.05) is 0 Å². The van der Waals surface area contributed by atoms with Crippen LogP contribution >= 0.6 is 0 Å². The first-order chi connectivity index (χ1) is 8.54. The van der Waals surface area contributed by atoms with Crippen molar-refractivity contribution >= 4 is 0 Å². The Kier molecular flexibility index (Phi) is 6.59.